The summed E-state index contributed by atoms with van der Waals surface area (Å²) in [7, 11) is 1.12. The van der Waals surface area contributed by atoms with Crippen LogP contribution >= 0.6 is 11.6 Å². The number of esters is 1. The first-order valence-electron chi connectivity index (χ1n) is 5.56. The van der Waals surface area contributed by atoms with Crippen LogP contribution in [0.5, 0.6) is 0 Å². The zero-order chi connectivity index (χ0) is 15.9. The molecule has 0 aliphatic rings. The van der Waals surface area contributed by atoms with Crippen molar-refractivity contribution in [3.63, 3.8) is 0 Å². The Morgan fingerprint density at radius 2 is 1.95 bits per heavy atom. The van der Waals surface area contributed by atoms with E-state index in [-0.39, 0.29) is 16.9 Å². The molecule has 0 fully saturated rings. The zero-order valence-electron chi connectivity index (χ0n) is 10.9. The number of hydrogen-bond acceptors (Lipinski definition) is 4. The van der Waals surface area contributed by atoms with Gasteiger partial charge in [0.15, 0.2) is 11.6 Å². The molecule has 2 aromatic rings. The molecule has 2 rings (SSSR count). The fourth-order valence-electron chi connectivity index (χ4n) is 1.78. The Morgan fingerprint density at radius 3 is 2.52 bits per heavy atom. The second-order valence-corrected chi connectivity index (χ2v) is 4.45. The van der Waals surface area contributed by atoms with E-state index in [9.17, 15) is 18.0 Å². The molecule has 112 valence electrons. The first-order chi connectivity index (χ1) is 9.81. The molecule has 0 bridgehead atoms. The van der Waals surface area contributed by atoms with Gasteiger partial charge in [-0.05, 0) is 6.92 Å². The van der Waals surface area contributed by atoms with Gasteiger partial charge in [0.1, 0.15) is 27.9 Å². The van der Waals surface area contributed by atoms with Gasteiger partial charge in [0.05, 0.1) is 13.3 Å². The molecule has 0 spiro atoms. The van der Waals surface area contributed by atoms with Crippen molar-refractivity contribution < 1.29 is 22.7 Å². The highest BCUT2D eigenvalue weighted by Gasteiger charge is 2.26. The van der Waals surface area contributed by atoms with E-state index in [0.29, 0.717) is 4.68 Å². The summed E-state index contributed by atoms with van der Waals surface area (Å²) in [5.41, 5.74) is 4.61. The Morgan fingerprint density at radius 1 is 1.33 bits per heavy atom. The first kappa shape index (κ1) is 15.2. The van der Waals surface area contributed by atoms with Crippen LogP contribution in [0, 0.1) is 24.4 Å². The van der Waals surface area contributed by atoms with E-state index >= 15 is 0 Å². The van der Waals surface area contributed by atoms with E-state index < -0.39 is 34.1 Å². The quantitative estimate of drug-likeness (QED) is 0.525. The number of nitrogens with zero attached hydrogens (tertiary/aromatic N) is 2. The van der Waals surface area contributed by atoms with Gasteiger partial charge in [-0.25, -0.2) is 22.6 Å². The van der Waals surface area contributed by atoms with Crippen molar-refractivity contribution in [3.05, 3.63) is 39.8 Å². The number of aromatic nitrogens is 2. The number of anilines is 1. The molecule has 0 unspecified atom stereocenters. The molecule has 1 heterocycles. The Kier molecular flexibility index (Phi) is 3.82. The van der Waals surface area contributed by atoms with Crippen LogP contribution in [-0.4, -0.2) is 22.9 Å². The number of hydrogen-bond donors (Lipinski definition) is 1. The number of carbonyl (C=O) groups is 1. The lowest BCUT2D eigenvalue weighted by Crippen LogP contribution is -2.12. The van der Waals surface area contributed by atoms with Gasteiger partial charge in [-0.1, -0.05) is 11.6 Å². The number of nitrogen functional groups attached to an aromatic ring is 1. The van der Waals surface area contributed by atoms with Gasteiger partial charge in [0.25, 0.3) is 0 Å². The molecular weight excluding hydrogens is 311 g/mol. The normalized spacial score (nSPS) is 10.8. The molecule has 1 aromatic heterocycles. The van der Waals surface area contributed by atoms with Gasteiger partial charge < -0.3 is 10.5 Å². The standard InChI is InChI=1S/C12H9ClF3N3O2/c1-4-7(14)6(13)8(15)9(16)10(4)19-11(17)5(3-18-19)12(20)21-2/h3H,17H2,1-2H3. The maximum absolute atomic E-state index is 14.0. The van der Waals surface area contributed by atoms with Crippen LogP contribution in [0.1, 0.15) is 15.9 Å². The smallest absolute Gasteiger partial charge is 0.343 e. The SMILES string of the molecule is COC(=O)c1cnn(-c2c(C)c(F)c(Cl)c(F)c2F)c1N. The van der Waals surface area contributed by atoms with Gasteiger partial charge in [0, 0.05) is 5.56 Å². The van der Waals surface area contributed by atoms with Crippen LogP contribution in [0.4, 0.5) is 19.0 Å². The van der Waals surface area contributed by atoms with E-state index in [4.69, 9.17) is 17.3 Å². The first-order valence-corrected chi connectivity index (χ1v) is 5.93. The highest BCUT2D eigenvalue weighted by atomic mass is 35.5. The van der Waals surface area contributed by atoms with Crippen molar-refractivity contribution in [2.24, 2.45) is 0 Å². The van der Waals surface area contributed by atoms with Crippen LogP contribution in [0.2, 0.25) is 5.02 Å². The van der Waals surface area contributed by atoms with E-state index in [2.05, 4.69) is 9.84 Å². The van der Waals surface area contributed by atoms with Crippen molar-refractivity contribution >= 4 is 23.4 Å². The molecule has 0 radical (unpaired) electrons. The summed E-state index contributed by atoms with van der Waals surface area (Å²) in [6.45, 7) is 1.18. The van der Waals surface area contributed by atoms with Gasteiger partial charge in [-0.2, -0.15) is 5.10 Å². The monoisotopic (exact) mass is 319 g/mol. The van der Waals surface area contributed by atoms with Gasteiger partial charge in [-0.3, -0.25) is 0 Å². The van der Waals surface area contributed by atoms with E-state index in [0.717, 1.165) is 13.3 Å². The number of rotatable bonds is 2. The minimum atomic E-state index is -1.57. The third kappa shape index (κ3) is 2.21. The number of halogens is 4. The van der Waals surface area contributed by atoms with Crippen LogP contribution < -0.4 is 5.73 Å². The number of methoxy groups -OCH3 is 1. The third-order valence-electron chi connectivity index (χ3n) is 2.89. The lowest BCUT2D eigenvalue weighted by molar-refractivity contribution is 0.0602. The Labute approximate surface area is 122 Å². The molecule has 0 aliphatic heterocycles. The van der Waals surface area contributed by atoms with Gasteiger partial charge >= 0.3 is 5.97 Å². The Bertz CT molecular complexity index is 717. The summed E-state index contributed by atoms with van der Waals surface area (Å²) in [6, 6.07) is 0. The molecule has 5 nitrogen and oxygen atoms in total. The topological polar surface area (TPSA) is 70.1 Å². The van der Waals surface area contributed by atoms with Crippen molar-refractivity contribution in [2.75, 3.05) is 12.8 Å². The lowest BCUT2D eigenvalue weighted by Gasteiger charge is -2.12. The van der Waals surface area contributed by atoms with Gasteiger partial charge in [-0.15, -0.1) is 0 Å². The Hall–Kier alpha value is -2.22. The van der Waals surface area contributed by atoms with Crippen molar-refractivity contribution in [1.82, 2.24) is 9.78 Å². The van der Waals surface area contributed by atoms with Crippen molar-refractivity contribution in [1.29, 1.82) is 0 Å². The fourth-order valence-corrected chi connectivity index (χ4v) is 2.01. The van der Waals surface area contributed by atoms with Crippen LogP contribution in [0.15, 0.2) is 6.20 Å². The van der Waals surface area contributed by atoms with Crippen molar-refractivity contribution in [3.8, 4) is 5.69 Å². The summed E-state index contributed by atoms with van der Waals surface area (Å²) in [5.74, 6) is -5.26. The minimum Gasteiger partial charge on any atom is -0.465 e. The molecule has 0 saturated carbocycles. The maximum Gasteiger partial charge on any atom is 0.343 e. The summed E-state index contributed by atoms with van der Waals surface area (Å²) < 4.78 is 46.5. The molecular formula is C12H9ClF3N3O2. The van der Waals surface area contributed by atoms with Crippen LogP contribution in [0.25, 0.3) is 5.69 Å². The summed E-state index contributed by atoms with van der Waals surface area (Å²) in [5, 5.41) is 2.70. The molecule has 0 saturated heterocycles. The molecule has 1 aromatic carbocycles. The van der Waals surface area contributed by atoms with E-state index in [1.807, 2.05) is 0 Å². The third-order valence-corrected chi connectivity index (χ3v) is 3.23. The summed E-state index contributed by atoms with van der Waals surface area (Å²) >= 11 is 5.34. The zero-order valence-corrected chi connectivity index (χ0v) is 11.6. The molecule has 0 aliphatic carbocycles. The lowest BCUT2D eigenvalue weighted by atomic mass is 10.1. The average Bonchev–Trinajstić information content (AvgIpc) is 2.84. The average molecular weight is 320 g/mol. The largest absolute Gasteiger partial charge is 0.465 e. The second-order valence-electron chi connectivity index (χ2n) is 4.08. The molecule has 0 atom stereocenters. The fraction of sp³-hybridized carbons (Fsp3) is 0.167. The second kappa shape index (κ2) is 5.28. The number of benzene rings is 1. The molecule has 0 amide bonds. The highest BCUT2D eigenvalue weighted by molar-refractivity contribution is 6.31. The summed E-state index contributed by atoms with van der Waals surface area (Å²) in [6.07, 6.45) is 1.00. The number of carbonyl (C=O) groups excluding carboxylic acids is 1. The van der Waals surface area contributed by atoms with Crippen LogP contribution in [-0.2, 0) is 4.74 Å². The van der Waals surface area contributed by atoms with Crippen molar-refractivity contribution in [2.45, 2.75) is 6.92 Å². The van der Waals surface area contributed by atoms with Crippen LogP contribution in [0.3, 0.4) is 0 Å². The molecule has 21 heavy (non-hydrogen) atoms. The predicted molar refractivity (Wildman–Crippen MR) is 68.9 cm³/mol. The predicted octanol–water partition coefficient (Wildman–Crippen LogP) is 2.62. The Balaban J connectivity index is 2.75. The maximum atomic E-state index is 14.0. The summed E-state index contributed by atoms with van der Waals surface area (Å²) in [4.78, 5) is 11.4. The molecule has 9 heteroatoms. The number of ether oxygens (including phenoxy) is 1. The van der Waals surface area contributed by atoms with Gasteiger partial charge in [0.2, 0.25) is 0 Å². The van der Waals surface area contributed by atoms with E-state index in [1.165, 1.54) is 6.92 Å². The number of nitrogens with two attached hydrogens (primary N) is 1. The van der Waals surface area contributed by atoms with E-state index in [1.54, 1.807) is 0 Å². The molecule has 2 N–H and O–H groups in total. The minimum absolute atomic E-state index is 0.160. The highest BCUT2D eigenvalue weighted by Crippen LogP contribution is 2.32.